The number of nitrogens with zero attached hydrogens (tertiary/aromatic N) is 1. The first-order chi connectivity index (χ1) is 9.53. The lowest BCUT2D eigenvalue weighted by molar-refractivity contribution is -0.131. The quantitative estimate of drug-likeness (QED) is 0.649. The average molecular weight is 294 g/mol. The van der Waals surface area contributed by atoms with Crippen LogP contribution in [0, 0.1) is 0 Å². The molecule has 0 radical (unpaired) electrons. The highest BCUT2D eigenvalue weighted by Crippen LogP contribution is 2.36. The summed E-state index contributed by atoms with van der Waals surface area (Å²) in [4.78, 5) is 25.8. The van der Waals surface area contributed by atoms with Crippen molar-refractivity contribution in [1.29, 1.82) is 0 Å². The van der Waals surface area contributed by atoms with Gasteiger partial charge in [0.2, 0.25) is 0 Å². The highest BCUT2D eigenvalue weighted by atomic mass is 35.5. The fourth-order valence-electron chi connectivity index (χ4n) is 3.04. The number of carbonyl (C=O) groups is 2. The third kappa shape index (κ3) is 1.93. The van der Waals surface area contributed by atoms with E-state index in [-0.39, 0.29) is 18.5 Å². The Morgan fingerprint density at radius 3 is 2.65 bits per heavy atom. The smallest absolute Gasteiger partial charge is 0.325 e. The molecule has 1 aliphatic carbocycles. The van der Waals surface area contributed by atoms with Gasteiger partial charge in [-0.25, -0.2) is 4.79 Å². The predicted molar refractivity (Wildman–Crippen MR) is 76.1 cm³/mol. The monoisotopic (exact) mass is 293 g/mol. The summed E-state index contributed by atoms with van der Waals surface area (Å²) >= 11 is 6.10. The van der Waals surface area contributed by atoms with Crippen molar-refractivity contribution in [3.63, 3.8) is 0 Å². The molecule has 1 saturated carbocycles. The first kappa shape index (κ1) is 13.2. The van der Waals surface area contributed by atoms with Gasteiger partial charge in [-0.15, -0.1) is 0 Å². The highest BCUT2D eigenvalue weighted by Gasteiger charge is 2.52. The number of anilines is 1. The molecule has 5 nitrogen and oxygen atoms in total. The second-order valence-corrected chi connectivity index (χ2v) is 5.83. The van der Waals surface area contributed by atoms with Crippen molar-refractivity contribution in [3.05, 3.63) is 28.8 Å². The molecule has 106 valence electrons. The second-order valence-electron chi connectivity index (χ2n) is 5.42. The summed E-state index contributed by atoms with van der Waals surface area (Å²) in [5.74, 6) is -0.153. The molecule has 6 heteroatoms. The maximum absolute atomic E-state index is 12.5. The molecule has 3 amide bonds. The van der Waals surface area contributed by atoms with Crippen molar-refractivity contribution < 1.29 is 9.59 Å². The predicted octanol–water partition coefficient (Wildman–Crippen LogP) is 2.29. The van der Waals surface area contributed by atoms with Crippen LogP contribution in [0.1, 0.15) is 31.2 Å². The van der Waals surface area contributed by atoms with Crippen LogP contribution in [0.5, 0.6) is 0 Å². The zero-order valence-electron chi connectivity index (χ0n) is 11.0. The van der Waals surface area contributed by atoms with E-state index in [0.29, 0.717) is 29.1 Å². The summed E-state index contributed by atoms with van der Waals surface area (Å²) in [6.07, 6.45) is 3.36. The fraction of sp³-hybridized carbons (Fsp3) is 0.429. The molecule has 0 bridgehead atoms. The Bertz CT molecular complexity index is 562. The Morgan fingerprint density at radius 2 is 2.00 bits per heavy atom. The van der Waals surface area contributed by atoms with Crippen LogP contribution in [-0.4, -0.2) is 22.4 Å². The topological polar surface area (TPSA) is 75.4 Å². The van der Waals surface area contributed by atoms with Crippen LogP contribution in [0.25, 0.3) is 0 Å². The summed E-state index contributed by atoms with van der Waals surface area (Å²) in [6.45, 7) is 0.123. The Labute approximate surface area is 122 Å². The molecule has 1 aliphatic heterocycles. The van der Waals surface area contributed by atoms with Crippen molar-refractivity contribution >= 4 is 29.2 Å². The molecule has 0 atom stereocenters. The summed E-state index contributed by atoms with van der Waals surface area (Å²) in [5, 5.41) is 3.31. The van der Waals surface area contributed by atoms with E-state index in [0.717, 1.165) is 12.8 Å². The van der Waals surface area contributed by atoms with E-state index in [2.05, 4.69) is 5.32 Å². The molecule has 1 saturated heterocycles. The van der Waals surface area contributed by atoms with Crippen LogP contribution in [0.3, 0.4) is 0 Å². The number of nitrogens with two attached hydrogens (primary N) is 1. The minimum absolute atomic E-state index is 0.123. The number of nitrogens with one attached hydrogen (secondary N) is 1. The standard InChI is InChI=1S/C14H16ClN3O2/c15-10-4-3-5-11(16)9(10)8-18-12(19)14(17-13(18)20)6-1-2-7-14/h3-5H,1-2,6-8,16H2,(H,17,20). The van der Waals surface area contributed by atoms with E-state index in [4.69, 9.17) is 17.3 Å². The van der Waals surface area contributed by atoms with E-state index in [1.54, 1.807) is 18.2 Å². The lowest BCUT2D eigenvalue weighted by atomic mass is 9.98. The van der Waals surface area contributed by atoms with Crippen LogP contribution >= 0.6 is 11.6 Å². The van der Waals surface area contributed by atoms with Gasteiger partial charge in [0.05, 0.1) is 6.54 Å². The Morgan fingerprint density at radius 1 is 1.30 bits per heavy atom. The largest absolute Gasteiger partial charge is 0.398 e. The van der Waals surface area contributed by atoms with Crippen molar-refractivity contribution in [1.82, 2.24) is 10.2 Å². The molecule has 2 aliphatic rings. The highest BCUT2D eigenvalue weighted by molar-refractivity contribution is 6.31. The molecular weight excluding hydrogens is 278 g/mol. The average Bonchev–Trinajstić information content (AvgIpc) is 2.95. The number of nitrogen functional groups attached to an aromatic ring is 1. The lowest BCUT2D eigenvalue weighted by Crippen LogP contribution is -2.44. The molecule has 3 rings (SSSR count). The van der Waals surface area contributed by atoms with Gasteiger partial charge in [-0.2, -0.15) is 0 Å². The van der Waals surface area contributed by atoms with Gasteiger partial charge in [-0.1, -0.05) is 30.5 Å². The minimum atomic E-state index is -0.687. The maximum Gasteiger partial charge on any atom is 0.325 e. The maximum atomic E-state index is 12.5. The van der Waals surface area contributed by atoms with Gasteiger partial charge < -0.3 is 11.1 Å². The molecular formula is C14H16ClN3O2. The SMILES string of the molecule is Nc1cccc(Cl)c1CN1C(=O)NC2(CCCC2)C1=O. The molecule has 1 heterocycles. The van der Waals surface area contributed by atoms with Crippen LogP contribution in [0.15, 0.2) is 18.2 Å². The normalized spacial score (nSPS) is 20.8. The Kier molecular flexibility index (Phi) is 3.09. The number of hydrogen-bond donors (Lipinski definition) is 2. The van der Waals surface area contributed by atoms with Gasteiger partial charge in [0, 0.05) is 16.3 Å². The third-order valence-corrected chi connectivity index (χ3v) is 4.53. The Balaban J connectivity index is 1.88. The molecule has 0 unspecified atom stereocenters. The zero-order valence-corrected chi connectivity index (χ0v) is 11.7. The van der Waals surface area contributed by atoms with Crippen LogP contribution in [0.4, 0.5) is 10.5 Å². The molecule has 1 aromatic carbocycles. The van der Waals surface area contributed by atoms with Crippen LogP contribution in [-0.2, 0) is 11.3 Å². The van der Waals surface area contributed by atoms with Gasteiger partial charge in [0.1, 0.15) is 5.54 Å². The number of halogens is 1. The van der Waals surface area contributed by atoms with Gasteiger partial charge in [-0.05, 0) is 25.0 Å². The first-order valence-electron chi connectivity index (χ1n) is 6.70. The van der Waals surface area contributed by atoms with E-state index < -0.39 is 5.54 Å². The number of imide groups is 1. The number of carbonyl (C=O) groups excluding carboxylic acids is 2. The number of hydrogen-bond acceptors (Lipinski definition) is 3. The third-order valence-electron chi connectivity index (χ3n) is 4.17. The molecule has 1 aromatic rings. The van der Waals surface area contributed by atoms with Crippen molar-refractivity contribution in [2.45, 2.75) is 37.8 Å². The van der Waals surface area contributed by atoms with Gasteiger partial charge in [0.25, 0.3) is 5.91 Å². The van der Waals surface area contributed by atoms with Gasteiger partial charge in [0.15, 0.2) is 0 Å². The van der Waals surface area contributed by atoms with E-state index in [9.17, 15) is 9.59 Å². The summed E-state index contributed by atoms with van der Waals surface area (Å²) in [7, 11) is 0. The van der Waals surface area contributed by atoms with Crippen molar-refractivity contribution in [2.24, 2.45) is 0 Å². The van der Waals surface area contributed by atoms with E-state index in [1.165, 1.54) is 4.90 Å². The minimum Gasteiger partial charge on any atom is -0.398 e. The van der Waals surface area contributed by atoms with Crippen LogP contribution < -0.4 is 11.1 Å². The Hall–Kier alpha value is -1.75. The number of rotatable bonds is 2. The van der Waals surface area contributed by atoms with Gasteiger partial charge in [-0.3, -0.25) is 9.69 Å². The molecule has 0 aromatic heterocycles. The van der Waals surface area contributed by atoms with Gasteiger partial charge >= 0.3 is 6.03 Å². The zero-order chi connectivity index (χ0) is 14.3. The van der Waals surface area contributed by atoms with E-state index in [1.807, 2.05) is 0 Å². The number of urea groups is 1. The second kappa shape index (κ2) is 4.66. The molecule has 2 fully saturated rings. The fourth-order valence-corrected chi connectivity index (χ4v) is 3.28. The number of amides is 3. The first-order valence-corrected chi connectivity index (χ1v) is 7.08. The summed E-state index contributed by atoms with van der Waals surface area (Å²) < 4.78 is 0. The molecule has 3 N–H and O–H groups in total. The summed E-state index contributed by atoms with van der Waals surface area (Å²) in [6, 6.07) is 4.81. The molecule has 20 heavy (non-hydrogen) atoms. The lowest BCUT2D eigenvalue weighted by Gasteiger charge is -2.20. The summed E-state index contributed by atoms with van der Waals surface area (Å²) in [5.41, 5.74) is 6.30. The molecule has 1 spiro atoms. The van der Waals surface area contributed by atoms with Crippen molar-refractivity contribution in [2.75, 3.05) is 5.73 Å². The van der Waals surface area contributed by atoms with Crippen molar-refractivity contribution in [3.8, 4) is 0 Å². The van der Waals surface area contributed by atoms with Crippen LogP contribution in [0.2, 0.25) is 5.02 Å². The van der Waals surface area contributed by atoms with E-state index >= 15 is 0 Å². The number of benzene rings is 1.